The number of amides is 10. The highest BCUT2D eigenvalue weighted by Gasteiger charge is 2.45. The van der Waals surface area contributed by atoms with Crippen molar-refractivity contribution in [2.24, 2.45) is 11.8 Å². The monoisotopic (exact) mass is 1680 g/mol. The summed E-state index contributed by atoms with van der Waals surface area (Å²) < 4.78 is 25.7. The first kappa shape index (κ1) is 91.7. The number of Topliss-reactive ketones (excluding diaryl/α,β-unsaturated/α-hetero) is 2. The number of benzene rings is 5. The Balaban J connectivity index is 1.40. The van der Waals surface area contributed by atoms with Gasteiger partial charge < -0.3 is 77.0 Å². The summed E-state index contributed by atoms with van der Waals surface area (Å²) in [5, 5.41) is 71.0. The fourth-order valence-corrected chi connectivity index (χ4v) is 14.9. The van der Waals surface area contributed by atoms with E-state index in [1.165, 1.54) is 68.7 Å². The number of nitrogens with zero attached hydrogens (tertiary/aromatic N) is 4. The molecule has 0 bridgehead atoms. The summed E-state index contributed by atoms with van der Waals surface area (Å²) in [4.78, 5) is 197. The summed E-state index contributed by atoms with van der Waals surface area (Å²) in [6, 6.07) is 14.4. The minimum atomic E-state index is -3.99. The number of hydrogen-bond acceptors (Lipinski definition) is 19. The molecule has 0 aliphatic carbocycles. The Labute approximate surface area is 680 Å². The maximum absolute atomic E-state index is 15.8. The largest absolute Gasteiger partial charge is 0.480 e. The number of carboxylic acid groups (broad SMARTS) is 1. The van der Waals surface area contributed by atoms with Gasteiger partial charge in [-0.25, -0.2) is 13.2 Å². The van der Waals surface area contributed by atoms with Crippen LogP contribution in [-0.2, 0) is 104 Å². The summed E-state index contributed by atoms with van der Waals surface area (Å²) in [6.45, 7) is 1.98. The van der Waals surface area contributed by atoms with E-state index in [1.54, 1.807) is 72.8 Å². The molecular weight excluding hydrogens is 1580 g/mol. The molecule has 616 valence electrons. The number of likely N-dealkylation sites (tertiary alicyclic amines) is 1. The number of halogens is 4. The van der Waals surface area contributed by atoms with Gasteiger partial charge in [0.1, 0.15) is 70.0 Å². The van der Waals surface area contributed by atoms with Gasteiger partial charge in [0, 0.05) is 98.5 Å². The number of aliphatic carboxylic acids is 1. The third-order valence-electron chi connectivity index (χ3n) is 20.0. The van der Waals surface area contributed by atoms with Crippen LogP contribution in [0.4, 0.5) is 0 Å². The summed E-state index contributed by atoms with van der Waals surface area (Å²) in [5.41, 5.74) is 1.92. The second-order valence-electron chi connectivity index (χ2n) is 28.9. The smallest absolute Gasteiger partial charge is 0.326 e. The van der Waals surface area contributed by atoms with Crippen molar-refractivity contribution in [2.45, 2.75) is 170 Å². The minimum Gasteiger partial charge on any atom is -0.480 e. The number of nitrogens with one attached hydrogen (secondary N) is 6. The number of aliphatic hydroxyl groups is 4. The summed E-state index contributed by atoms with van der Waals surface area (Å²) in [6.07, 6.45) is -9.71. The first-order valence-corrected chi connectivity index (χ1v) is 40.4. The third-order valence-corrected chi connectivity index (χ3v) is 22.0. The molecule has 0 spiro atoms. The molecule has 0 unspecified atom stereocenters. The fourth-order valence-electron chi connectivity index (χ4n) is 13.6. The van der Waals surface area contributed by atoms with E-state index >= 15 is 38.4 Å². The van der Waals surface area contributed by atoms with E-state index < -0.39 is 221 Å². The Morgan fingerprint density at radius 3 is 1.42 bits per heavy atom. The average molecular weight is 1680 g/mol. The number of hydrogen-bond donors (Lipinski definition) is 11. The second-order valence-corrected chi connectivity index (χ2v) is 32.9. The lowest BCUT2D eigenvalue weighted by Gasteiger charge is -2.36. The Kier molecular flexibility index (Phi) is 34.0. The number of likely N-dealkylation sites (N-methyl/N-ethyl adjacent to an activating group) is 3. The number of aliphatic hydroxyl groups excluding tert-OH is 4. The van der Waals surface area contributed by atoms with Crippen LogP contribution in [0.15, 0.2) is 127 Å². The zero-order valence-corrected chi connectivity index (χ0v) is 67.6. The molecule has 5 aromatic rings. The number of carbonyl (C=O) groups excluding carboxylic acids is 12. The zero-order valence-electron chi connectivity index (χ0n) is 63.8. The molecule has 30 nitrogen and oxygen atoms in total. The van der Waals surface area contributed by atoms with Gasteiger partial charge >= 0.3 is 5.97 Å². The lowest BCUT2D eigenvalue weighted by Crippen LogP contribution is -2.62. The highest BCUT2D eigenvalue weighted by atomic mass is 35.5. The zero-order chi connectivity index (χ0) is 84.2. The van der Waals surface area contributed by atoms with Crippen LogP contribution >= 0.6 is 46.4 Å². The van der Waals surface area contributed by atoms with E-state index in [1.807, 2.05) is 0 Å². The first-order chi connectivity index (χ1) is 53.7. The van der Waals surface area contributed by atoms with Gasteiger partial charge in [-0.15, -0.1) is 0 Å². The molecule has 35 heteroatoms. The molecule has 2 saturated heterocycles. The Hall–Kier alpha value is -9.44. The molecule has 11 N–H and O–H groups in total. The van der Waals surface area contributed by atoms with E-state index in [4.69, 9.17) is 46.4 Å². The third kappa shape index (κ3) is 26.3. The molecule has 10 amide bonds. The quantitative estimate of drug-likeness (QED) is 0.0565. The molecule has 2 aliphatic rings. The van der Waals surface area contributed by atoms with Crippen LogP contribution in [0.25, 0.3) is 0 Å². The van der Waals surface area contributed by atoms with E-state index in [2.05, 4.69) is 31.9 Å². The van der Waals surface area contributed by atoms with Crippen LogP contribution in [0, 0.1) is 11.8 Å². The molecule has 2 aliphatic heterocycles. The van der Waals surface area contributed by atoms with Gasteiger partial charge in [-0.3, -0.25) is 57.5 Å². The Morgan fingerprint density at radius 1 is 0.474 bits per heavy atom. The highest BCUT2D eigenvalue weighted by molar-refractivity contribution is 7.90. The fraction of sp³-hybridized carbons (Fsp3) is 0.456. The van der Waals surface area contributed by atoms with Crippen LogP contribution in [0.1, 0.15) is 87.1 Å². The summed E-state index contributed by atoms with van der Waals surface area (Å²) in [5.74, 6) is -18.9. The maximum atomic E-state index is 15.8. The normalized spacial score (nSPS) is 24.8. The average Bonchev–Trinajstić information content (AvgIpc) is 1.14. The highest BCUT2D eigenvalue weighted by Crippen LogP contribution is 2.27. The van der Waals surface area contributed by atoms with Crippen molar-refractivity contribution in [3.05, 3.63) is 175 Å². The Morgan fingerprint density at radius 2 is 0.930 bits per heavy atom. The van der Waals surface area contributed by atoms with Crippen LogP contribution in [0.5, 0.6) is 0 Å². The van der Waals surface area contributed by atoms with Crippen LogP contribution in [-0.4, -0.2) is 255 Å². The SMILES string of the molecule is C[C@@H](O)[C@@H]1NC(=O)[C@H](CO)CC(=O)C[C@@H](C(=O)N2CCC[C@H]2C(=O)O)NC(=O)[C@H](Cc2cccc(Cl)c2)NC(=O)[C@H]([C@@H](C)O)NC(=O)[C@H](Cc2ccc(Cl)cc2)N(C)C(=O)[C@H](Cc2cccc(Cl)c2)CC(=O)[C@H](Cc2ccc(Cl)cc2)N(C)C(=O)[C@H]([C@@H](C)O)NC(=O)[C@H](Cc2ccccc2)N(C)C(=O)[C@H](CCS(C)(=O)=O)NC1=O. The second kappa shape index (κ2) is 42.3. The summed E-state index contributed by atoms with van der Waals surface area (Å²) in [7, 11) is -0.397. The van der Waals surface area contributed by atoms with Crippen LogP contribution < -0.4 is 31.9 Å². The molecule has 0 aromatic heterocycles. The number of ketones is 2. The predicted molar refractivity (Wildman–Crippen MR) is 422 cm³/mol. The number of sulfone groups is 1. The van der Waals surface area contributed by atoms with Gasteiger partial charge in [0.2, 0.25) is 59.1 Å². The van der Waals surface area contributed by atoms with Crippen molar-refractivity contribution in [2.75, 3.05) is 46.3 Å². The van der Waals surface area contributed by atoms with Crippen molar-refractivity contribution in [1.29, 1.82) is 0 Å². The predicted octanol–water partition coefficient (Wildman–Crippen LogP) is 2.40. The van der Waals surface area contributed by atoms with Gasteiger partial charge in [-0.2, -0.15) is 0 Å². The number of carbonyl (C=O) groups is 13. The van der Waals surface area contributed by atoms with Gasteiger partial charge in [0.05, 0.1) is 42.6 Å². The molecule has 0 saturated carbocycles. The van der Waals surface area contributed by atoms with Crippen molar-refractivity contribution < 1.29 is 96.3 Å². The first-order valence-electron chi connectivity index (χ1n) is 36.8. The molecule has 5 aromatic carbocycles. The van der Waals surface area contributed by atoms with Crippen molar-refractivity contribution in [3.8, 4) is 0 Å². The molecule has 114 heavy (non-hydrogen) atoms. The van der Waals surface area contributed by atoms with Crippen LogP contribution in [0.2, 0.25) is 20.1 Å². The number of rotatable bonds is 19. The van der Waals surface area contributed by atoms with Gasteiger partial charge in [0.25, 0.3) is 0 Å². The molecule has 2 fully saturated rings. The van der Waals surface area contributed by atoms with Crippen molar-refractivity contribution in [3.63, 3.8) is 0 Å². The van der Waals surface area contributed by atoms with E-state index in [0.717, 1.165) is 53.7 Å². The summed E-state index contributed by atoms with van der Waals surface area (Å²) >= 11 is 25.6. The van der Waals surface area contributed by atoms with Crippen LogP contribution in [0.3, 0.4) is 0 Å². The standard InChI is InChI=1S/C79H96Cl4N10O20S/c1-43(95)66-73(104)84-58(29-31-114(7,112)113)76(107)92(6)64(37-46-14-9-8-10-15-46)72(103)89-68(45(3)97)78(109)90(4)62(36-47-21-25-53(80)26-22-47)65(99)40-51(32-49-16-11-18-55(82)33-49)75(106)91(5)63(38-48-23-27-54(81)28-24-48)71(102)88-67(44(2)96)74(105)85-59(35-50-17-12-19-56(83)34-50)70(101)86-60(41-57(98)39-52(42-94)69(100)87-66)77(108)93-30-13-20-61(93)79(110)111/h8-12,14-19,21-28,33-34,43-45,51-52,58-64,66-68,94-97H,13,20,29-32,35-42H2,1-7H3,(H,84,104)(H,85,105)(H,86,101)(H,87,100)(H,88,102)(H,89,103)(H,110,111)/t43-,44-,45-,51-,52+,58+,59+,60+,61+,62+,63+,64+,66+,67+,68+/m1/s1. The van der Waals surface area contributed by atoms with E-state index in [0.29, 0.717) is 27.3 Å². The van der Waals surface area contributed by atoms with E-state index in [-0.39, 0.29) is 65.7 Å². The van der Waals surface area contributed by atoms with Gasteiger partial charge in [0.15, 0.2) is 5.78 Å². The minimum absolute atomic E-state index is 0.0537. The molecule has 7 rings (SSSR count). The molecule has 0 radical (unpaired) electrons. The van der Waals surface area contributed by atoms with Gasteiger partial charge in [-0.1, -0.05) is 125 Å². The van der Waals surface area contributed by atoms with Gasteiger partial charge in [-0.05, 0) is 129 Å². The van der Waals surface area contributed by atoms with Crippen molar-refractivity contribution in [1.82, 2.24) is 51.5 Å². The maximum Gasteiger partial charge on any atom is 0.326 e. The molecule has 15 atom stereocenters. The lowest BCUT2D eigenvalue weighted by molar-refractivity contribution is -0.150. The Bertz CT molecular complexity index is 4410. The molecular formula is C79H96Cl4N10O20S. The lowest BCUT2D eigenvalue weighted by atomic mass is 9.88. The number of carboxylic acids is 1. The topological polar surface area (TPSA) is 442 Å². The molecule has 2 heterocycles. The van der Waals surface area contributed by atoms with Crippen molar-refractivity contribution >= 4 is 133 Å². The van der Waals surface area contributed by atoms with E-state index in [9.17, 15) is 57.9 Å².